The molecule has 0 unspecified atom stereocenters. The Morgan fingerprint density at radius 3 is 1.93 bits per heavy atom. The molecule has 29 heavy (non-hydrogen) atoms. The molecule has 0 amide bonds. The fourth-order valence-electron chi connectivity index (χ4n) is 3.83. The fraction of sp³-hybridized carbons (Fsp3) is 0.654. The number of fused-ring (bicyclic) bond motifs is 1. The summed E-state index contributed by atoms with van der Waals surface area (Å²) in [5.41, 5.74) is 2.17. The summed E-state index contributed by atoms with van der Waals surface area (Å²) >= 11 is 0. The average Bonchev–Trinajstić information content (AvgIpc) is 2.71. The summed E-state index contributed by atoms with van der Waals surface area (Å²) in [6.07, 6.45) is 16.7. The largest absolute Gasteiger partial charge is 0.489 e. The highest BCUT2D eigenvalue weighted by atomic mass is 16.5. The van der Waals surface area contributed by atoms with Crippen LogP contribution < -0.4 is 4.74 Å². The van der Waals surface area contributed by atoms with E-state index in [2.05, 4.69) is 32.0 Å². The second-order valence-electron chi connectivity index (χ2n) is 8.51. The van der Waals surface area contributed by atoms with E-state index in [1.165, 1.54) is 76.3 Å². The number of benzene rings is 1. The van der Waals surface area contributed by atoms with Crippen molar-refractivity contribution in [3.63, 3.8) is 0 Å². The Bertz CT molecular complexity index is 683. The van der Waals surface area contributed by atoms with Crippen molar-refractivity contribution in [3.8, 4) is 5.75 Å². The molecule has 0 aliphatic rings. The van der Waals surface area contributed by atoms with Gasteiger partial charge in [0.2, 0.25) is 0 Å². The molecular formula is C26H41NO2. The van der Waals surface area contributed by atoms with Crippen LogP contribution in [0.15, 0.2) is 30.3 Å². The molecule has 0 saturated carbocycles. The molecule has 3 nitrogen and oxygen atoms in total. The molecule has 0 fully saturated rings. The van der Waals surface area contributed by atoms with Crippen molar-refractivity contribution in [2.45, 2.75) is 103 Å². The first-order chi connectivity index (χ1) is 14.2. The highest BCUT2D eigenvalue weighted by Crippen LogP contribution is 2.25. The lowest BCUT2D eigenvalue weighted by atomic mass is 10.0. The minimum absolute atomic E-state index is 0.164. The zero-order valence-corrected chi connectivity index (χ0v) is 18.7. The minimum Gasteiger partial charge on any atom is -0.489 e. The van der Waals surface area contributed by atoms with Gasteiger partial charge in [-0.15, -0.1) is 0 Å². The van der Waals surface area contributed by atoms with Gasteiger partial charge in [-0.3, -0.25) is 0 Å². The van der Waals surface area contributed by atoms with Crippen LogP contribution in [0, 0.1) is 0 Å². The van der Waals surface area contributed by atoms with Gasteiger partial charge in [-0.25, -0.2) is 4.98 Å². The number of nitrogens with zero attached hydrogens (tertiary/aromatic N) is 1. The van der Waals surface area contributed by atoms with E-state index >= 15 is 0 Å². The van der Waals surface area contributed by atoms with Gasteiger partial charge in [0.1, 0.15) is 11.3 Å². The zero-order valence-electron chi connectivity index (χ0n) is 18.7. The Morgan fingerprint density at radius 2 is 1.34 bits per heavy atom. The molecule has 0 bridgehead atoms. The molecule has 2 rings (SSSR count). The summed E-state index contributed by atoms with van der Waals surface area (Å²) in [4.78, 5) is 4.88. The van der Waals surface area contributed by atoms with Gasteiger partial charge in [-0.1, -0.05) is 82.4 Å². The molecule has 1 aromatic carbocycles. The molecule has 0 atom stereocenters. The number of unbranched alkanes of at least 4 members (excludes halogenated alkanes) is 11. The highest BCUT2D eigenvalue weighted by molar-refractivity contribution is 5.84. The third-order valence-electron chi connectivity index (χ3n) is 5.44. The quantitative estimate of drug-likeness (QED) is 0.303. The Morgan fingerprint density at radius 1 is 0.759 bits per heavy atom. The molecule has 2 aromatic rings. The normalized spacial score (nSPS) is 11.4. The van der Waals surface area contributed by atoms with Crippen molar-refractivity contribution in [2.75, 3.05) is 6.61 Å². The zero-order chi connectivity index (χ0) is 20.7. The standard InChI is InChI=1S/C26H41NO2/c1-22(2)29-25-18-15-16-23-19-20-24(27-26(23)25)17-13-11-9-7-5-3-4-6-8-10-12-14-21-28/h15-16,18-20,22,28H,3-14,17,21H2,1-2H3. The summed E-state index contributed by atoms with van der Waals surface area (Å²) in [6, 6.07) is 10.5. The van der Waals surface area contributed by atoms with E-state index in [4.69, 9.17) is 14.8 Å². The van der Waals surface area contributed by atoms with E-state index in [1.54, 1.807) is 0 Å². The van der Waals surface area contributed by atoms with Crippen molar-refractivity contribution in [3.05, 3.63) is 36.0 Å². The first kappa shape index (κ1) is 23.7. The van der Waals surface area contributed by atoms with Crippen LogP contribution in [0.5, 0.6) is 5.75 Å². The molecule has 1 heterocycles. The van der Waals surface area contributed by atoms with Crippen molar-refractivity contribution in [1.29, 1.82) is 0 Å². The minimum atomic E-state index is 0.164. The molecular weight excluding hydrogens is 358 g/mol. The maximum atomic E-state index is 8.77. The van der Waals surface area contributed by atoms with E-state index < -0.39 is 0 Å². The lowest BCUT2D eigenvalue weighted by molar-refractivity contribution is 0.245. The van der Waals surface area contributed by atoms with Crippen LogP contribution in [0.25, 0.3) is 10.9 Å². The Labute approximate surface area is 177 Å². The third-order valence-corrected chi connectivity index (χ3v) is 5.44. The number of aryl methyl sites for hydroxylation is 1. The highest BCUT2D eigenvalue weighted by Gasteiger charge is 2.07. The molecule has 0 aliphatic carbocycles. The van der Waals surface area contributed by atoms with Gasteiger partial charge in [0, 0.05) is 17.7 Å². The summed E-state index contributed by atoms with van der Waals surface area (Å²) in [7, 11) is 0. The SMILES string of the molecule is CC(C)Oc1cccc2ccc(CCCCCCCCCCCCCCO)nc12. The van der Waals surface area contributed by atoms with Crippen LogP contribution in [-0.4, -0.2) is 22.8 Å². The van der Waals surface area contributed by atoms with Gasteiger partial charge < -0.3 is 9.84 Å². The summed E-state index contributed by atoms with van der Waals surface area (Å²) in [5, 5.41) is 9.92. The van der Waals surface area contributed by atoms with E-state index in [9.17, 15) is 0 Å². The third kappa shape index (κ3) is 9.62. The molecule has 0 radical (unpaired) electrons. The van der Waals surface area contributed by atoms with E-state index in [0.717, 1.165) is 29.5 Å². The van der Waals surface area contributed by atoms with Gasteiger partial charge in [0.25, 0.3) is 0 Å². The molecule has 0 aliphatic heterocycles. The monoisotopic (exact) mass is 399 g/mol. The van der Waals surface area contributed by atoms with Crippen LogP contribution in [0.1, 0.15) is 96.6 Å². The van der Waals surface area contributed by atoms with Gasteiger partial charge in [0.05, 0.1) is 6.10 Å². The number of rotatable bonds is 16. The number of ether oxygens (including phenoxy) is 1. The Kier molecular flexibility index (Phi) is 11.7. The predicted molar refractivity (Wildman–Crippen MR) is 124 cm³/mol. The average molecular weight is 400 g/mol. The summed E-state index contributed by atoms with van der Waals surface area (Å²) in [5.74, 6) is 0.896. The number of aliphatic hydroxyl groups is 1. The summed E-state index contributed by atoms with van der Waals surface area (Å²) in [6.45, 7) is 4.47. The molecule has 3 heteroatoms. The predicted octanol–water partition coefficient (Wildman–Crippen LogP) is 7.24. The molecule has 162 valence electrons. The fourth-order valence-corrected chi connectivity index (χ4v) is 3.83. The Balaban J connectivity index is 1.58. The van der Waals surface area contributed by atoms with Crippen molar-refractivity contribution >= 4 is 10.9 Å². The van der Waals surface area contributed by atoms with Crippen LogP contribution in [-0.2, 0) is 6.42 Å². The second kappa shape index (κ2) is 14.4. The second-order valence-corrected chi connectivity index (χ2v) is 8.51. The number of hydrogen-bond donors (Lipinski definition) is 1. The smallest absolute Gasteiger partial charge is 0.145 e. The maximum Gasteiger partial charge on any atom is 0.145 e. The van der Waals surface area contributed by atoms with E-state index in [-0.39, 0.29) is 6.10 Å². The lowest BCUT2D eigenvalue weighted by Crippen LogP contribution is -2.06. The first-order valence-corrected chi connectivity index (χ1v) is 11.9. The van der Waals surface area contributed by atoms with Crippen molar-refractivity contribution < 1.29 is 9.84 Å². The van der Waals surface area contributed by atoms with Crippen LogP contribution >= 0.6 is 0 Å². The van der Waals surface area contributed by atoms with E-state index in [0.29, 0.717) is 6.61 Å². The number of aliphatic hydroxyl groups excluding tert-OH is 1. The first-order valence-electron chi connectivity index (χ1n) is 11.9. The van der Waals surface area contributed by atoms with Crippen LogP contribution in [0.3, 0.4) is 0 Å². The summed E-state index contributed by atoms with van der Waals surface area (Å²) < 4.78 is 5.93. The van der Waals surface area contributed by atoms with Crippen molar-refractivity contribution in [2.24, 2.45) is 0 Å². The van der Waals surface area contributed by atoms with Crippen LogP contribution in [0.4, 0.5) is 0 Å². The lowest BCUT2D eigenvalue weighted by Gasteiger charge is -2.12. The van der Waals surface area contributed by atoms with Crippen molar-refractivity contribution in [1.82, 2.24) is 4.98 Å². The molecule has 1 aromatic heterocycles. The number of pyridine rings is 1. The number of hydrogen-bond acceptors (Lipinski definition) is 3. The number of aromatic nitrogens is 1. The topological polar surface area (TPSA) is 42.4 Å². The van der Waals surface area contributed by atoms with Gasteiger partial charge in [-0.2, -0.15) is 0 Å². The molecule has 0 spiro atoms. The molecule has 0 saturated heterocycles. The molecule has 1 N–H and O–H groups in total. The van der Waals surface area contributed by atoms with Gasteiger partial charge >= 0.3 is 0 Å². The van der Waals surface area contributed by atoms with E-state index in [1.807, 2.05) is 12.1 Å². The van der Waals surface area contributed by atoms with Gasteiger partial charge in [-0.05, 0) is 45.2 Å². The van der Waals surface area contributed by atoms with Crippen LogP contribution in [0.2, 0.25) is 0 Å². The number of para-hydroxylation sites is 1. The Hall–Kier alpha value is -1.61. The maximum absolute atomic E-state index is 8.77. The van der Waals surface area contributed by atoms with Gasteiger partial charge in [0.15, 0.2) is 0 Å².